The van der Waals surface area contributed by atoms with E-state index in [0.717, 1.165) is 25.1 Å². The summed E-state index contributed by atoms with van der Waals surface area (Å²) >= 11 is 0. The molecule has 2 rings (SSSR count). The molecule has 0 saturated carbocycles. The second kappa shape index (κ2) is 8.96. The van der Waals surface area contributed by atoms with E-state index in [1.165, 1.54) is 0 Å². The van der Waals surface area contributed by atoms with Gasteiger partial charge in [0, 0.05) is 12.2 Å². The fourth-order valence-corrected chi connectivity index (χ4v) is 2.48. The maximum absolute atomic E-state index is 12.4. The zero-order valence-electron chi connectivity index (χ0n) is 14.6. The first-order valence-electron chi connectivity index (χ1n) is 8.32. The summed E-state index contributed by atoms with van der Waals surface area (Å²) in [4.78, 5) is 14.5. The molecule has 0 aliphatic heterocycles. The Morgan fingerprint density at radius 1 is 1.08 bits per heavy atom. The van der Waals surface area contributed by atoms with Crippen molar-refractivity contribution in [3.63, 3.8) is 0 Å². The molecule has 4 nitrogen and oxygen atoms in total. The molecule has 0 aliphatic rings. The van der Waals surface area contributed by atoms with Crippen LogP contribution in [0.1, 0.15) is 37.0 Å². The molecule has 0 heterocycles. The zero-order chi connectivity index (χ0) is 17.4. The fraction of sp³-hybridized carbons (Fsp3) is 0.350. The molecular weight excluding hydrogens is 302 g/mol. The second-order valence-electron chi connectivity index (χ2n) is 5.62. The molecule has 0 N–H and O–H groups in total. The van der Waals surface area contributed by atoms with Crippen molar-refractivity contribution in [3.05, 3.63) is 60.2 Å². The largest absolute Gasteiger partial charge is 0.497 e. The Hall–Kier alpha value is -2.49. The molecule has 0 radical (unpaired) electrons. The lowest BCUT2D eigenvalue weighted by molar-refractivity contribution is 0.0333. The summed E-state index contributed by atoms with van der Waals surface area (Å²) in [5.41, 5.74) is 1.58. The number of nitrogens with zero attached hydrogens (tertiary/aromatic N) is 1. The summed E-state index contributed by atoms with van der Waals surface area (Å²) in [5, 5.41) is 0. The van der Waals surface area contributed by atoms with Crippen LogP contribution >= 0.6 is 0 Å². The molecule has 128 valence electrons. The van der Waals surface area contributed by atoms with E-state index in [-0.39, 0.29) is 12.2 Å². The number of anilines is 1. The maximum Gasteiger partial charge on any atom is 0.340 e. The molecule has 4 heteroatoms. The van der Waals surface area contributed by atoms with Crippen molar-refractivity contribution in [2.75, 3.05) is 18.6 Å². The van der Waals surface area contributed by atoms with Crippen LogP contribution in [0, 0.1) is 0 Å². The van der Waals surface area contributed by atoms with Gasteiger partial charge in [-0.3, -0.25) is 0 Å². The standard InChI is InChI=1S/C20H25NO3/c1-4-5-15-21(18-9-7-6-8-10-18)16(2)24-20(22)17-11-13-19(23-3)14-12-17/h6-14,16H,4-5,15H2,1-3H3. The van der Waals surface area contributed by atoms with Gasteiger partial charge in [-0.15, -0.1) is 0 Å². The molecule has 0 spiro atoms. The number of para-hydroxylation sites is 1. The minimum Gasteiger partial charge on any atom is -0.497 e. The Morgan fingerprint density at radius 3 is 2.33 bits per heavy atom. The number of carbonyl (C=O) groups excluding carboxylic acids is 1. The van der Waals surface area contributed by atoms with Crippen molar-refractivity contribution < 1.29 is 14.3 Å². The lowest BCUT2D eigenvalue weighted by Crippen LogP contribution is -2.37. The third-order valence-corrected chi connectivity index (χ3v) is 3.88. The Bertz CT molecular complexity index is 625. The van der Waals surface area contributed by atoms with Crippen LogP contribution in [0.2, 0.25) is 0 Å². The van der Waals surface area contributed by atoms with Gasteiger partial charge in [0.25, 0.3) is 0 Å². The Kier molecular flexibility index (Phi) is 6.67. The van der Waals surface area contributed by atoms with Crippen LogP contribution in [0.5, 0.6) is 5.75 Å². The smallest absolute Gasteiger partial charge is 0.340 e. The van der Waals surface area contributed by atoms with E-state index in [1.54, 1.807) is 31.4 Å². The zero-order valence-corrected chi connectivity index (χ0v) is 14.6. The molecule has 0 aromatic heterocycles. The summed E-state index contributed by atoms with van der Waals surface area (Å²) in [5.74, 6) is 0.385. The number of methoxy groups -OCH3 is 1. The lowest BCUT2D eigenvalue weighted by atomic mass is 10.2. The number of hydrogen-bond donors (Lipinski definition) is 0. The van der Waals surface area contributed by atoms with Gasteiger partial charge >= 0.3 is 5.97 Å². The average Bonchev–Trinajstić information content (AvgIpc) is 2.63. The quantitative estimate of drug-likeness (QED) is 0.528. The number of carbonyl (C=O) groups is 1. The van der Waals surface area contributed by atoms with Crippen LogP contribution in [-0.2, 0) is 4.74 Å². The number of unbranched alkanes of at least 4 members (excludes halogenated alkanes) is 1. The Labute approximate surface area is 144 Å². The Morgan fingerprint density at radius 2 is 1.75 bits per heavy atom. The lowest BCUT2D eigenvalue weighted by Gasteiger charge is -2.30. The van der Waals surface area contributed by atoms with Crippen LogP contribution in [0.3, 0.4) is 0 Å². The van der Waals surface area contributed by atoms with Crippen molar-refractivity contribution in [1.82, 2.24) is 0 Å². The van der Waals surface area contributed by atoms with E-state index >= 15 is 0 Å². The SMILES string of the molecule is CCCCN(c1ccccc1)C(C)OC(=O)c1ccc(OC)cc1. The first-order chi connectivity index (χ1) is 11.7. The number of hydrogen-bond acceptors (Lipinski definition) is 4. The van der Waals surface area contributed by atoms with Crippen LogP contribution < -0.4 is 9.64 Å². The molecule has 2 aromatic rings. The molecule has 0 aliphatic carbocycles. The third-order valence-electron chi connectivity index (χ3n) is 3.88. The normalized spacial score (nSPS) is 11.6. The van der Waals surface area contributed by atoms with Crippen LogP contribution in [0.15, 0.2) is 54.6 Å². The highest BCUT2D eigenvalue weighted by molar-refractivity contribution is 5.89. The van der Waals surface area contributed by atoms with Crippen LogP contribution in [0.25, 0.3) is 0 Å². The van der Waals surface area contributed by atoms with Gasteiger partial charge in [-0.1, -0.05) is 31.5 Å². The van der Waals surface area contributed by atoms with Crippen LogP contribution in [0.4, 0.5) is 5.69 Å². The minimum atomic E-state index is -0.339. The van der Waals surface area contributed by atoms with Crippen molar-refractivity contribution in [3.8, 4) is 5.75 Å². The van der Waals surface area contributed by atoms with E-state index in [4.69, 9.17) is 9.47 Å². The molecule has 0 fully saturated rings. The van der Waals surface area contributed by atoms with E-state index in [2.05, 4.69) is 11.8 Å². The Balaban J connectivity index is 2.08. The first kappa shape index (κ1) is 17.9. The van der Waals surface area contributed by atoms with Gasteiger partial charge in [-0.25, -0.2) is 4.79 Å². The number of ether oxygens (including phenoxy) is 2. The van der Waals surface area contributed by atoms with E-state index in [0.29, 0.717) is 11.3 Å². The van der Waals surface area contributed by atoms with Gasteiger partial charge in [0.2, 0.25) is 0 Å². The van der Waals surface area contributed by atoms with Crippen molar-refractivity contribution in [2.24, 2.45) is 0 Å². The van der Waals surface area contributed by atoms with Gasteiger partial charge in [0.1, 0.15) is 5.75 Å². The highest BCUT2D eigenvalue weighted by Crippen LogP contribution is 2.19. The fourth-order valence-electron chi connectivity index (χ4n) is 2.48. The van der Waals surface area contributed by atoms with Gasteiger partial charge in [-0.2, -0.15) is 0 Å². The van der Waals surface area contributed by atoms with E-state index < -0.39 is 0 Å². The van der Waals surface area contributed by atoms with Crippen molar-refractivity contribution in [1.29, 1.82) is 0 Å². The summed E-state index contributed by atoms with van der Waals surface area (Å²) in [6.07, 6.45) is 1.79. The first-order valence-corrected chi connectivity index (χ1v) is 8.32. The molecule has 1 unspecified atom stereocenters. The van der Waals surface area contributed by atoms with E-state index in [9.17, 15) is 4.79 Å². The molecule has 0 saturated heterocycles. The molecule has 0 bridgehead atoms. The summed E-state index contributed by atoms with van der Waals surface area (Å²) in [6.45, 7) is 4.90. The van der Waals surface area contributed by atoms with E-state index in [1.807, 2.05) is 37.3 Å². The second-order valence-corrected chi connectivity index (χ2v) is 5.62. The molecule has 0 amide bonds. The molecule has 1 atom stereocenters. The highest BCUT2D eigenvalue weighted by atomic mass is 16.6. The van der Waals surface area contributed by atoms with Crippen molar-refractivity contribution >= 4 is 11.7 Å². The van der Waals surface area contributed by atoms with Crippen LogP contribution in [-0.4, -0.2) is 25.9 Å². The monoisotopic (exact) mass is 327 g/mol. The summed E-state index contributed by atoms with van der Waals surface area (Å²) in [7, 11) is 1.60. The third kappa shape index (κ3) is 4.75. The number of esters is 1. The van der Waals surface area contributed by atoms with Gasteiger partial charge in [0.15, 0.2) is 6.23 Å². The average molecular weight is 327 g/mol. The molecule has 24 heavy (non-hydrogen) atoms. The minimum absolute atomic E-state index is 0.331. The predicted molar refractivity (Wildman–Crippen MR) is 96.6 cm³/mol. The predicted octanol–water partition coefficient (Wildman–Crippen LogP) is 4.50. The van der Waals surface area contributed by atoms with Gasteiger partial charge in [0.05, 0.1) is 12.7 Å². The molecular formula is C20H25NO3. The number of benzene rings is 2. The number of rotatable bonds is 8. The highest BCUT2D eigenvalue weighted by Gasteiger charge is 2.19. The topological polar surface area (TPSA) is 38.8 Å². The van der Waals surface area contributed by atoms with Gasteiger partial charge < -0.3 is 14.4 Å². The van der Waals surface area contributed by atoms with Gasteiger partial charge in [-0.05, 0) is 49.7 Å². The maximum atomic E-state index is 12.4. The summed E-state index contributed by atoms with van der Waals surface area (Å²) < 4.78 is 10.8. The molecule has 2 aromatic carbocycles. The van der Waals surface area contributed by atoms with Crippen molar-refractivity contribution in [2.45, 2.75) is 32.9 Å². The summed E-state index contributed by atoms with van der Waals surface area (Å²) in [6, 6.07) is 17.0.